The number of nitrogen functional groups attached to an aromatic ring is 1. The molecule has 1 heterocycles. The fourth-order valence-electron chi connectivity index (χ4n) is 1.75. The van der Waals surface area contributed by atoms with Crippen molar-refractivity contribution in [3.8, 4) is 0 Å². The van der Waals surface area contributed by atoms with Crippen molar-refractivity contribution in [2.45, 2.75) is 6.54 Å². The Kier molecular flexibility index (Phi) is 3.83. The van der Waals surface area contributed by atoms with Gasteiger partial charge in [0.25, 0.3) is 11.6 Å². The third kappa shape index (κ3) is 3.14. The second-order valence-corrected chi connectivity index (χ2v) is 4.35. The fraction of sp³-hybridized carbons (Fsp3) is 0.167. The van der Waals surface area contributed by atoms with Crippen molar-refractivity contribution in [1.82, 2.24) is 15.1 Å². The largest absolute Gasteiger partial charge is 0.396 e. The van der Waals surface area contributed by atoms with E-state index in [1.807, 2.05) is 0 Å². The van der Waals surface area contributed by atoms with Gasteiger partial charge in [-0.1, -0.05) is 0 Å². The summed E-state index contributed by atoms with van der Waals surface area (Å²) in [5, 5.41) is 17.3. The smallest absolute Gasteiger partial charge is 0.285 e. The summed E-state index contributed by atoms with van der Waals surface area (Å²) >= 11 is 0. The molecule has 0 bridgehead atoms. The molecular formula is C12H12FN5O3. The number of carbonyl (C=O) groups is 1. The number of nitrogens with two attached hydrogens (primary N) is 1. The summed E-state index contributed by atoms with van der Waals surface area (Å²) < 4.78 is 14.8. The van der Waals surface area contributed by atoms with Crippen LogP contribution in [-0.2, 0) is 13.6 Å². The Morgan fingerprint density at radius 2 is 2.29 bits per heavy atom. The van der Waals surface area contributed by atoms with E-state index >= 15 is 0 Å². The van der Waals surface area contributed by atoms with Gasteiger partial charge >= 0.3 is 0 Å². The molecule has 21 heavy (non-hydrogen) atoms. The predicted octanol–water partition coefficient (Wildman–Crippen LogP) is 0.980. The Balaban J connectivity index is 2.22. The molecule has 0 aliphatic carbocycles. The maximum atomic E-state index is 13.3. The minimum atomic E-state index is -0.939. The lowest BCUT2D eigenvalue weighted by molar-refractivity contribution is -0.385. The lowest BCUT2D eigenvalue weighted by atomic mass is 10.1. The second-order valence-electron chi connectivity index (χ2n) is 4.35. The predicted molar refractivity (Wildman–Crippen MR) is 71.8 cm³/mol. The molecule has 0 unspecified atom stereocenters. The molecule has 110 valence electrons. The van der Waals surface area contributed by atoms with Crippen molar-refractivity contribution in [2.24, 2.45) is 7.05 Å². The number of nitrogens with zero attached hydrogens (tertiary/aromatic N) is 3. The van der Waals surface area contributed by atoms with Crippen molar-refractivity contribution in [3.63, 3.8) is 0 Å². The van der Waals surface area contributed by atoms with Gasteiger partial charge in [0.05, 0.1) is 22.9 Å². The van der Waals surface area contributed by atoms with Crippen LogP contribution in [0.15, 0.2) is 24.5 Å². The van der Waals surface area contributed by atoms with Crippen LogP contribution in [0.4, 0.5) is 15.8 Å². The lowest BCUT2D eigenvalue weighted by Crippen LogP contribution is -2.24. The quantitative estimate of drug-likeness (QED) is 0.495. The number of anilines is 1. The minimum absolute atomic E-state index is 0.140. The van der Waals surface area contributed by atoms with Crippen LogP contribution in [0, 0.1) is 15.9 Å². The molecule has 0 radical (unpaired) electrons. The van der Waals surface area contributed by atoms with Crippen LogP contribution in [0.25, 0.3) is 0 Å². The van der Waals surface area contributed by atoms with Gasteiger partial charge in [-0.3, -0.25) is 19.6 Å². The van der Waals surface area contributed by atoms with Gasteiger partial charge in [0.15, 0.2) is 5.82 Å². The lowest BCUT2D eigenvalue weighted by Gasteiger charge is -2.06. The standard InChI is InChI=1S/C12H12FN5O3/c1-17-6-7(5-16-17)4-15-12(19)8-2-10(14)9(13)3-11(8)18(20)21/h2-3,5-6H,4,14H2,1H3,(H,15,19). The van der Waals surface area contributed by atoms with E-state index in [-0.39, 0.29) is 17.8 Å². The molecule has 0 spiro atoms. The number of aryl methyl sites for hydroxylation is 1. The zero-order valence-electron chi connectivity index (χ0n) is 11.0. The van der Waals surface area contributed by atoms with Crippen molar-refractivity contribution in [1.29, 1.82) is 0 Å². The minimum Gasteiger partial charge on any atom is -0.396 e. The number of rotatable bonds is 4. The first-order chi connectivity index (χ1) is 9.88. The summed E-state index contributed by atoms with van der Waals surface area (Å²) in [5.74, 6) is -1.65. The molecule has 0 aliphatic rings. The zero-order chi connectivity index (χ0) is 15.6. The fourth-order valence-corrected chi connectivity index (χ4v) is 1.75. The maximum absolute atomic E-state index is 13.3. The maximum Gasteiger partial charge on any atom is 0.285 e. The van der Waals surface area contributed by atoms with Gasteiger partial charge in [-0.25, -0.2) is 4.39 Å². The molecule has 2 aromatic rings. The Morgan fingerprint density at radius 3 is 2.86 bits per heavy atom. The number of nitro groups is 1. The highest BCUT2D eigenvalue weighted by Crippen LogP contribution is 2.24. The van der Waals surface area contributed by atoms with E-state index < -0.39 is 22.3 Å². The second kappa shape index (κ2) is 5.57. The average Bonchev–Trinajstić information content (AvgIpc) is 2.84. The monoisotopic (exact) mass is 293 g/mol. The molecule has 2 rings (SSSR count). The van der Waals surface area contributed by atoms with Crippen LogP contribution in [0.3, 0.4) is 0 Å². The van der Waals surface area contributed by atoms with Crippen molar-refractivity contribution in [3.05, 3.63) is 51.6 Å². The van der Waals surface area contributed by atoms with Crippen molar-refractivity contribution < 1.29 is 14.1 Å². The Labute approximate surface area is 118 Å². The van der Waals surface area contributed by atoms with E-state index in [2.05, 4.69) is 10.4 Å². The van der Waals surface area contributed by atoms with E-state index in [4.69, 9.17) is 5.73 Å². The van der Waals surface area contributed by atoms with Gasteiger partial charge in [0.1, 0.15) is 5.56 Å². The number of benzene rings is 1. The Bertz CT molecular complexity index is 713. The summed E-state index contributed by atoms with van der Waals surface area (Å²) in [6, 6.07) is 1.58. The van der Waals surface area contributed by atoms with E-state index in [0.717, 1.165) is 11.6 Å². The molecule has 1 amide bonds. The van der Waals surface area contributed by atoms with E-state index in [1.54, 1.807) is 24.1 Å². The number of nitro benzene ring substituents is 1. The molecule has 0 aliphatic heterocycles. The third-order valence-corrected chi connectivity index (χ3v) is 2.77. The summed E-state index contributed by atoms with van der Waals surface area (Å²) in [5.41, 5.74) is 4.82. The van der Waals surface area contributed by atoms with E-state index in [0.29, 0.717) is 6.07 Å². The van der Waals surface area contributed by atoms with Gasteiger partial charge < -0.3 is 11.1 Å². The van der Waals surface area contributed by atoms with Gasteiger partial charge in [-0.05, 0) is 6.07 Å². The first kappa shape index (κ1) is 14.4. The van der Waals surface area contributed by atoms with E-state index in [9.17, 15) is 19.3 Å². The van der Waals surface area contributed by atoms with E-state index in [1.165, 1.54) is 0 Å². The first-order valence-corrected chi connectivity index (χ1v) is 5.87. The number of amides is 1. The number of hydrogen-bond donors (Lipinski definition) is 2. The van der Waals surface area contributed by atoms with Gasteiger partial charge in [0, 0.05) is 25.4 Å². The summed E-state index contributed by atoms with van der Waals surface area (Å²) in [4.78, 5) is 22.0. The number of halogens is 1. The molecule has 1 aromatic carbocycles. The molecule has 0 saturated carbocycles. The summed E-state index contributed by atoms with van der Waals surface area (Å²) in [6.07, 6.45) is 3.24. The van der Waals surface area contributed by atoms with Crippen molar-refractivity contribution in [2.75, 3.05) is 5.73 Å². The highest BCUT2D eigenvalue weighted by Gasteiger charge is 2.22. The number of carbonyl (C=O) groups excluding carboxylic acids is 1. The first-order valence-electron chi connectivity index (χ1n) is 5.87. The molecule has 9 heteroatoms. The summed E-state index contributed by atoms with van der Waals surface area (Å²) in [7, 11) is 1.72. The van der Waals surface area contributed by atoms with Crippen LogP contribution >= 0.6 is 0 Å². The third-order valence-electron chi connectivity index (χ3n) is 2.77. The molecule has 8 nitrogen and oxygen atoms in total. The van der Waals surface area contributed by atoms with Crippen LogP contribution in [0.5, 0.6) is 0 Å². The topological polar surface area (TPSA) is 116 Å². The number of nitrogens with one attached hydrogen (secondary N) is 1. The van der Waals surface area contributed by atoms with Gasteiger partial charge in [-0.15, -0.1) is 0 Å². The van der Waals surface area contributed by atoms with Gasteiger partial charge in [-0.2, -0.15) is 5.10 Å². The van der Waals surface area contributed by atoms with Gasteiger partial charge in [0.2, 0.25) is 0 Å². The number of hydrogen-bond acceptors (Lipinski definition) is 5. The van der Waals surface area contributed by atoms with Crippen LogP contribution in [0.2, 0.25) is 0 Å². The molecular weight excluding hydrogens is 281 g/mol. The molecule has 1 aromatic heterocycles. The summed E-state index contributed by atoms with van der Waals surface area (Å²) in [6.45, 7) is 0.140. The molecule has 3 N–H and O–H groups in total. The van der Waals surface area contributed by atoms with Crippen LogP contribution in [-0.4, -0.2) is 20.6 Å². The normalized spacial score (nSPS) is 10.4. The molecule has 0 fully saturated rings. The number of aromatic nitrogens is 2. The molecule has 0 atom stereocenters. The van der Waals surface area contributed by atoms with Crippen molar-refractivity contribution >= 4 is 17.3 Å². The highest BCUT2D eigenvalue weighted by atomic mass is 19.1. The Morgan fingerprint density at radius 1 is 1.57 bits per heavy atom. The Hall–Kier alpha value is -2.97. The average molecular weight is 293 g/mol. The highest BCUT2D eigenvalue weighted by molar-refractivity contribution is 5.99. The zero-order valence-corrected chi connectivity index (χ0v) is 11.0. The van der Waals surface area contributed by atoms with Crippen LogP contribution in [0.1, 0.15) is 15.9 Å². The van der Waals surface area contributed by atoms with Crippen LogP contribution < -0.4 is 11.1 Å². The SMILES string of the molecule is Cn1cc(CNC(=O)c2cc(N)c(F)cc2[N+](=O)[O-])cn1. The molecule has 0 saturated heterocycles.